The van der Waals surface area contributed by atoms with Gasteiger partial charge in [-0.05, 0) is 43.3 Å². The summed E-state index contributed by atoms with van der Waals surface area (Å²) in [5.41, 5.74) is 0.732. The summed E-state index contributed by atoms with van der Waals surface area (Å²) in [6.45, 7) is 1.97. The maximum atomic E-state index is 12.9. The zero-order valence-corrected chi connectivity index (χ0v) is 19.6. The van der Waals surface area contributed by atoms with Crippen molar-refractivity contribution in [3.05, 3.63) is 62.5 Å². The first-order valence-electron chi connectivity index (χ1n) is 10.0. The largest absolute Gasteiger partial charge is 0.303 e. The fourth-order valence-electron chi connectivity index (χ4n) is 3.84. The van der Waals surface area contributed by atoms with Crippen LogP contribution < -0.4 is 0 Å². The average molecular weight is 490 g/mol. The molecule has 2 heterocycles. The second-order valence-electron chi connectivity index (χ2n) is 7.45. The van der Waals surface area contributed by atoms with Crippen molar-refractivity contribution in [2.75, 3.05) is 0 Å². The number of thioether (sulfide) groups is 1. The minimum Gasteiger partial charge on any atom is -0.303 e. The Morgan fingerprint density at radius 3 is 2.66 bits per heavy atom. The van der Waals surface area contributed by atoms with E-state index >= 15 is 0 Å². The molecule has 1 unspecified atom stereocenters. The molecule has 0 spiro atoms. The molecule has 1 aliphatic carbocycles. The normalized spacial score (nSPS) is 16.1. The molecule has 152 valence electrons. The molecule has 7 heteroatoms. The fourth-order valence-corrected chi connectivity index (χ4v) is 5.82. The van der Waals surface area contributed by atoms with Crippen molar-refractivity contribution in [1.82, 2.24) is 14.8 Å². The summed E-state index contributed by atoms with van der Waals surface area (Å²) in [5.74, 6) is 1.14. The van der Waals surface area contributed by atoms with Crippen molar-refractivity contribution in [2.24, 2.45) is 0 Å². The van der Waals surface area contributed by atoms with E-state index in [1.54, 1.807) is 11.3 Å². The molecule has 0 amide bonds. The van der Waals surface area contributed by atoms with Crippen LogP contribution in [0.3, 0.4) is 0 Å². The van der Waals surface area contributed by atoms with Crippen LogP contribution >= 0.6 is 39.0 Å². The topological polar surface area (TPSA) is 47.8 Å². The quantitative estimate of drug-likeness (QED) is 0.278. The Bertz CT molecular complexity index is 947. The first kappa shape index (κ1) is 20.8. The Morgan fingerprint density at radius 1 is 1.21 bits per heavy atom. The Morgan fingerprint density at radius 2 is 1.97 bits per heavy atom. The summed E-state index contributed by atoms with van der Waals surface area (Å²) < 4.78 is 3.30. The molecular formula is C22H24BrN3OS2. The van der Waals surface area contributed by atoms with Gasteiger partial charge in [-0.15, -0.1) is 21.5 Å². The zero-order valence-electron chi connectivity index (χ0n) is 16.4. The van der Waals surface area contributed by atoms with Crippen LogP contribution in [0.4, 0.5) is 0 Å². The molecule has 4 nitrogen and oxygen atoms in total. The molecule has 1 fully saturated rings. The average Bonchev–Trinajstić information content (AvgIpc) is 3.39. The van der Waals surface area contributed by atoms with Gasteiger partial charge in [0.2, 0.25) is 0 Å². The van der Waals surface area contributed by atoms with Gasteiger partial charge in [-0.2, -0.15) is 0 Å². The summed E-state index contributed by atoms with van der Waals surface area (Å²) in [6.07, 6.45) is 6.93. The van der Waals surface area contributed by atoms with Gasteiger partial charge in [0.05, 0.1) is 5.25 Å². The maximum Gasteiger partial charge on any atom is 0.192 e. The number of ketones is 1. The van der Waals surface area contributed by atoms with E-state index < -0.39 is 0 Å². The van der Waals surface area contributed by atoms with Gasteiger partial charge in [0.15, 0.2) is 10.9 Å². The minimum atomic E-state index is -0.211. The van der Waals surface area contributed by atoms with Gasteiger partial charge < -0.3 is 4.57 Å². The van der Waals surface area contributed by atoms with Gasteiger partial charge in [0, 0.05) is 27.4 Å². The molecule has 0 aliphatic heterocycles. The highest BCUT2D eigenvalue weighted by Crippen LogP contribution is 2.35. The lowest BCUT2D eigenvalue weighted by molar-refractivity contribution is 0.0993. The van der Waals surface area contributed by atoms with E-state index in [2.05, 4.69) is 48.2 Å². The standard InChI is InChI=1S/C22H24BrN3OS2/c1-15(21(27)16-9-11-17(23)12-10-16)29-22-25-24-20(14-19-8-5-13-28-19)26(22)18-6-3-2-4-7-18/h5,8-13,15,18H,2-4,6-7,14H2,1H3. The molecular weight excluding hydrogens is 466 g/mol. The Hall–Kier alpha value is -1.44. The third kappa shape index (κ3) is 5.01. The Balaban J connectivity index is 1.57. The molecule has 3 aromatic rings. The summed E-state index contributed by atoms with van der Waals surface area (Å²) in [7, 11) is 0. The molecule has 4 rings (SSSR count). The van der Waals surface area contributed by atoms with E-state index in [1.165, 1.54) is 35.9 Å². The minimum absolute atomic E-state index is 0.125. The molecule has 0 saturated heterocycles. The lowest BCUT2D eigenvalue weighted by Gasteiger charge is -2.26. The second-order valence-corrected chi connectivity index (χ2v) is 10.7. The van der Waals surface area contributed by atoms with E-state index in [0.29, 0.717) is 6.04 Å². The van der Waals surface area contributed by atoms with Crippen LogP contribution in [0.15, 0.2) is 51.4 Å². The van der Waals surface area contributed by atoms with E-state index in [1.807, 2.05) is 31.2 Å². The van der Waals surface area contributed by atoms with Crippen molar-refractivity contribution in [3.63, 3.8) is 0 Å². The lowest BCUT2D eigenvalue weighted by atomic mass is 9.95. The van der Waals surface area contributed by atoms with Crippen molar-refractivity contribution >= 4 is 44.8 Å². The smallest absolute Gasteiger partial charge is 0.192 e. The van der Waals surface area contributed by atoms with Crippen LogP contribution in [-0.4, -0.2) is 25.8 Å². The summed E-state index contributed by atoms with van der Waals surface area (Å²) in [5, 5.41) is 11.8. The van der Waals surface area contributed by atoms with Crippen LogP contribution in [0.5, 0.6) is 0 Å². The van der Waals surface area contributed by atoms with Crippen LogP contribution in [0, 0.1) is 0 Å². The zero-order chi connectivity index (χ0) is 20.2. The van der Waals surface area contributed by atoms with Crippen LogP contribution in [-0.2, 0) is 6.42 Å². The molecule has 1 atom stereocenters. The Kier molecular flexibility index (Phi) is 6.88. The van der Waals surface area contributed by atoms with E-state index in [4.69, 9.17) is 0 Å². The number of carbonyl (C=O) groups excluding carboxylic acids is 1. The fraction of sp³-hybridized carbons (Fsp3) is 0.409. The second kappa shape index (κ2) is 9.58. The summed E-state index contributed by atoms with van der Waals surface area (Å²) in [4.78, 5) is 14.2. The van der Waals surface area contributed by atoms with E-state index in [0.717, 1.165) is 40.3 Å². The molecule has 0 bridgehead atoms. The third-order valence-corrected chi connectivity index (χ3v) is 7.83. The number of halogens is 1. The molecule has 1 aromatic carbocycles. The highest BCUT2D eigenvalue weighted by molar-refractivity contribution is 9.10. The summed E-state index contributed by atoms with van der Waals surface area (Å²) in [6, 6.07) is 12.2. The maximum absolute atomic E-state index is 12.9. The van der Waals surface area contributed by atoms with Crippen molar-refractivity contribution < 1.29 is 4.79 Å². The highest BCUT2D eigenvalue weighted by Gasteiger charge is 2.26. The number of rotatable bonds is 7. The van der Waals surface area contributed by atoms with Gasteiger partial charge in [-0.25, -0.2) is 0 Å². The number of carbonyl (C=O) groups is 1. The molecule has 0 N–H and O–H groups in total. The predicted octanol–water partition coefficient (Wildman–Crippen LogP) is 6.56. The third-order valence-electron chi connectivity index (χ3n) is 5.37. The highest BCUT2D eigenvalue weighted by atomic mass is 79.9. The summed E-state index contributed by atoms with van der Waals surface area (Å²) >= 11 is 6.72. The van der Waals surface area contributed by atoms with Crippen molar-refractivity contribution in [1.29, 1.82) is 0 Å². The molecule has 29 heavy (non-hydrogen) atoms. The number of benzene rings is 1. The number of nitrogens with zero attached hydrogens (tertiary/aromatic N) is 3. The van der Waals surface area contributed by atoms with Crippen LogP contribution in [0.2, 0.25) is 0 Å². The molecule has 1 saturated carbocycles. The van der Waals surface area contributed by atoms with Crippen LogP contribution in [0.1, 0.15) is 66.1 Å². The SMILES string of the molecule is CC(Sc1nnc(Cc2cccs2)n1C1CCCCC1)C(=O)c1ccc(Br)cc1. The first-order valence-corrected chi connectivity index (χ1v) is 12.6. The van der Waals surface area contributed by atoms with Crippen molar-refractivity contribution in [3.8, 4) is 0 Å². The lowest BCUT2D eigenvalue weighted by Crippen LogP contribution is -2.19. The number of aromatic nitrogens is 3. The molecule has 2 aromatic heterocycles. The van der Waals surface area contributed by atoms with Gasteiger partial charge >= 0.3 is 0 Å². The van der Waals surface area contributed by atoms with Gasteiger partial charge in [0.25, 0.3) is 0 Å². The number of Topliss-reactive ketones (excluding diaryl/α,β-unsaturated/α-hetero) is 1. The van der Waals surface area contributed by atoms with Gasteiger partial charge in [-0.1, -0.05) is 65.2 Å². The first-order chi connectivity index (χ1) is 14.1. The van der Waals surface area contributed by atoms with Gasteiger partial charge in [-0.3, -0.25) is 4.79 Å². The van der Waals surface area contributed by atoms with Gasteiger partial charge in [0.1, 0.15) is 5.82 Å². The number of hydrogen-bond acceptors (Lipinski definition) is 5. The molecule has 1 aliphatic rings. The van der Waals surface area contributed by atoms with E-state index in [-0.39, 0.29) is 11.0 Å². The number of thiophene rings is 1. The van der Waals surface area contributed by atoms with E-state index in [9.17, 15) is 4.79 Å². The monoisotopic (exact) mass is 489 g/mol. The number of hydrogen-bond donors (Lipinski definition) is 0. The van der Waals surface area contributed by atoms with Crippen molar-refractivity contribution in [2.45, 2.75) is 61.9 Å². The van der Waals surface area contributed by atoms with Crippen LogP contribution in [0.25, 0.3) is 0 Å². The Labute approximate surface area is 188 Å². The predicted molar refractivity (Wildman–Crippen MR) is 123 cm³/mol. The molecule has 0 radical (unpaired) electrons.